The van der Waals surface area contributed by atoms with Crippen molar-refractivity contribution in [3.05, 3.63) is 37.1 Å². The Kier molecular flexibility index (Phi) is 3.49. The van der Waals surface area contributed by atoms with Gasteiger partial charge in [0, 0.05) is 6.20 Å². The minimum Gasteiger partial charge on any atom is -0.369 e. The monoisotopic (exact) mass is 191 g/mol. The van der Waals surface area contributed by atoms with Gasteiger partial charge in [-0.05, 0) is 12.1 Å². The van der Waals surface area contributed by atoms with Crippen LogP contribution in [0.3, 0.4) is 0 Å². The van der Waals surface area contributed by atoms with Crippen LogP contribution in [-0.2, 0) is 0 Å². The van der Waals surface area contributed by atoms with E-state index in [9.17, 15) is 0 Å². The van der Waals surface area contributed by atoms with Gasteiger partial charge in [0.25, 0.3) is 0 Å². The molecule has 0 aliphatic rings. The van der Waals surface area contributed by atoms with E-state index in [1.807, 2.05) is 12.1 Å². The molecule has 0 fully saturated rings. The van der Waals surface area contributed by atoms with Crippen LogP contribution in [0.4, 0.5) is 5.82 Å². The van der Waals surface area contributed by atoms with Gasteiger partial charge in [0.15, 0.2) is 0 Å². The molecule has 0 saturated carbocycles. The zero-order valence-corrected chi connectivity index (χ0v) is 7.77. The fourth-order valence-corrected chi connectivity index (χ4v) is 0.900. The summed E-state index contributed by atoms with van der Waals surface area (Å²) in [6, 6.07) is 5.46. The number of guanidine groups is 1. The van der Waals surface area contributed by atoms with E-state index in [1.165, 1.54) is 5.01 Å². The maximum absolute atomic E-state index is 7.27. The van der Waals surface area contributed by atoms with Crippen molar-refractivity contribution < 1.29 is 0 Å². The molecule has 4 N–H and O–H groups in total. The third kappa shape index (κ3) is 2.78. The average molecular weight is 191 g/mol. The summed E-state index contributed by atoms with van der Waals surface area (Å²) in [5, 5.41) is 8.71. The van der Waals surface area contributed by atoms with Crippen LogP contribution >= 0.6 is 0 Å². The molecule has 0 saturated heterocycles. The lowest BCUT2D eigenvalue weighted by atomic mass is 10.5. The summed E-state index contributed by atoms with van der Waals surface area (Å²) in [6.07, 6.45) is 3.31. The Hall–Kier alpha value is -2.04. The predicted molar refractivity (Wildman–Crippen MR) is 56.7 cm³/mol. The van der Waals surface area contributed by atoms with Crippen LogP contribution in [0.2, 0.25) is 0 Å². The van der Waals surface area contributed by atoms with Crippen molar-refractivity contribution in [2.24, 2.45) is 5.73 Å². The van der Waals surface area contributed by atoms with Crippen LogP contribution in [-0.4, -0.2) is 22.5 Å². The second kappa shape index (κ2) is 4.86. The molecule has 0 amide bonds. The quantitative estimate of drug-likeness (QED) is 0.284. The van der Waals surface area contributed by atoms with Crippen LogP contribution in [0, 0.1) is 5.41 Å². The molecular weight excluding hydrogens is 178 g/mol. The van der Waals surface area contributed by atoms with E-state index in [0.29, 0.717) is 12.4 Å². The molecule has 0 aliphatic carbocycles. The Morgan fingerprint density at radius 2 is 2.50 bits per heavy atom. The van der Waals surface area contributed by atoms with Crippen molar-refractivity contribution in [3.63, 3.8) is 0 Å². The zero-order valence-electron chi connectivity index (χ0n) is 7.77. The molecule has 0 aliphatic heterocycles. The molecule has 1 heterocycles. The van der Waals surface area contributed by atoms with Gasteiger partial charge in [0.05, 0.1) is 6.54 Å². The maximum Gasteiger partial charge on any atom is 0.207 e. The van der Waals surface area contributed by atoms with Crippen molar-refractivity contribution in [1.29, 1.82) is 5.41 Å². The van der Waals surface area contributed by atoms with Crippen molar-refractivity contribution in [1.82, 2.24) is 9.99 Å². The zero-order chi connectivity index (χ0) is 10.4. The van der Waals surface area contributed by atoms with Crippen LogP contribution in [0.25, 0.3) is 0 Å². The molecule has 0 spiro atoms. The fraction of sp³-hybridized carbons (Fsp3) is 0.111. The van der Waals surface area contributed by atoms with Gasteiger partial charge < -0.3 is 5.73 Å². The molecule has 0 aromatic carbocycles. The van der Waals surface area contributed by atoms with Crippen molar-refractivity contribution in [2.45, 2.75) is 0 Å². The van der Waals surface area contributed by atoms with Crippen molar-refractivity contribution in [2.75, 3.05) is 12.0 Å². The summed E-state index contributed by atoms with van der Waals surface area (Å²) in [5.74, 6) is 0.570. The minimum atomic E-state index is -0.0736. The Morgan fingerprint density at radius 1 is 1.71 bits per heavy atom. The topological polar surface area (TPSA) is 78.0 Å². The molecule has 0 atom stereocenters. The lowest BCUT2D eigenvalue weighted by Crippen LogP contribution is -2.41. The van der Waals surface area contributed by atoms with Crippen molar-refractivity contribution in [3.8, 4) is 0 Å². The fourth-order valence-electron chi connectivity index (χ4n) is 0.900. The number of pyridine rings is 1. The number of anilines is 1. The van der Waals surface area contributed by atoms with E-state index in [-0.39, 0.29) is 5.96 Å². The number of hydrazine groups is 1. The second-order valence-electron chi connectivity index (χ2n) is 2.61. The Balaban J connectivity index is 2.64. The number of nitrogens with two attached hydrogens (primary N) is 1. The van der Waals surface area contributed by atoms with Crippen LogP contribution < -0.4 is 11.2 Å². The van der Waals surface area contributed by atoms with Crippen LogP contribution in [0.1, 0.15) is 0 Å². The molecule has 1 aromatic rings. The van der Waals surface area contributed by atoms with Gasteiger partial charge in [-0.3, -0.25) is 15.8 Å². The smallest absolute Gasteiger partial charge is 0.207 e. The molecule has 5 nitrogen and oxygen atoms in total. The van der Waals surface area contributed by atoms with E-state index in [0.717, 1.165) is 0 Å². The molecular formula is C9H13N5. The molecule has 0 unspecified atom stereocenters. The molecule has 5 heteroatoms. The van der Waals surface area contributed by atoms with Crippen LogP contribution in [0.5, 0.6) is 0 Å². The third-order valence-corrected chi connectivity index (χ3v) is 1.52. The summed E-state index contributed by atoms with van der Waals surface area (Å²) in [5.41, 5.74) is 8.22. The first-order valence-corrected chi connectivity index (χ1v) is 4.14. The molecule has 74 valence electrons. The maximum atomic E-state index is 7.27. The molecule has 14 heavy (non-hydrogen) atoms. The normalized spacial score (nSPS) is 9.14. The van der Waals surface area contributed by atoms with E-state index in [1.54, 1.807) is 18.3 Å². The van der Waals surface area contributed by atoms with Gasteiger partial charge in [-0.1, -0.05) is 12.1 Å². The Labute approximate surface area is 82.7 Å². The first-order valence-electron chi connectivity index (χ1n) is 4.14. The highest BCUT2D eigenvalue weighted by Gasteiger charge is 2.03. The summed E-state index contributed by atoms with van der Waals surface area (Å²) >= 11 is 0. The van der Waals surface area contributed by atoms with Crippen molar-refractivity contribution >= 4 is 11.8 Å². The van der Waals surface area contributed by atoms with Gasteiger partial charge in [0.1, 0.15) is 5.82 Å². The number of rotatable bonds is 4. The Morgan fingerprint density at radius 3 is 3.00 bits per heavy atom. The van der Waals surface area contributed by atoms with Gasteiger partial charge >= 0.3 is 0 Å². The number of aromatic nitrogens is 1. The van der Waals surface area contributed by atoms with E-state index in [4.69, 9.17) is 11.1 Å². The van der Waals surface area contributed by atoms with Crippen LogP contribution in [0.15, 0.2) is 37.1 Å². The molecule has 1 rings (SSSR count). The first kappa shape index (κ1) is 10.0. The highest BCUT2D eigenvalue weighted by atomic mass is 15.6. The summed E-state index contributed by atoms with van der Waals surface area (Å²) in [4.78, 5) is 4.04. The second-order valence-corrected chi connectivity index (χ2v) is 2.61. The number of nitrogens with one attached hydrogen (secondary N) is 2. The lowest BCUT2D eigenvalue weighted by Gasteiger charge is -2.21. The molecule has 0 bridgehead atoms. The number of hydrogen-bond donors (Lipinski definition) is 3. The first-order chi connectivity index (χ1) is 6.74. The Bertz CT molecular complexity index is 308. The van der Waals surface area contributed by atoms with E-state index >= 15 is 0 Å². The standard InChI is InChI=1S/C9H13N5/c1-2-7-14(9(10)11)13-8-5-3-4-6-12-8/h2-6H,1,7H2,(H3,10,11)(H,12,13). The summed E-state index contributed by atoms with van der Waals surface area (Å²) in [6.45, 7) is 4.02. The van der Waals surface area contributed by atoms with Gasteiger partial charge in [-0.15, -0.1) is 6.58 Å². The van der Waals surface area contributed by atoms with Gasteiger partial charge in [-0.25, -0.2) is 4.98 Å². The summed E-state index contributed by atoms with van der Waals surface area (Å²) < 4.78 is 0. The number of nitrogens with zero attached hydrogens (tertiary/aromatic N) is 2. The van der Waals surface area contributed by atoms with Gasteiger partial charge in [-0.2, -0.15) is 0 Å². The number of hydrogen-bond acceptors (Lipinski definition) is 3. The highest BCUT2D eigenvalue weighted by Crippen LogP contribution is 2.01. The molecule has 1 aromatic heterocycles. The highest BCUT2D eigenvalue weighted by molar-refractivity contribution is 5.76. The SMILES string of the molecule is C=CCN(Nc1ccccn1)C(=N)N. The lowest BCUT2D eigenvalue weighted by molar-refractivity contribution is 0.539. The third-order valence-electron chi connectivity index (χ3n) is 1.52. The summed E-state index contributed by atoms with van der Waals surface area (Å²) in [7, 11) is 0. The predicted octanol–water partition coefficient (Wildman–Crippen LogP) is 0.790. The van der Waals surface area contributed by atoms with E-state index in [2.05, 4.69) is 17.0 Å². The minimum absolute atomic E-state index is 0.0736. The van der Waals surface area contributed by atoms with Gasteiger partial charge in [0.2, 0.25) is 5.96 Å². The van der Waals surface area contributed by atoms with E-state index < -0.39 is 0 Å². The molecule has 0 radical (unpaired) electrons. The average Bonchev–Trinajstić information content (AvgIpc) is 2.18. The largest absolute Gasteiger partial charge is 0.369 e.